The number of halogens is 1. The standard InChI is InChI=1S/C26H26FN3O3/c1-32-13-12-30-15-20(17-6-4-7-18(27)14-17)22(16-30)29-26(31)28-21-9-5-11-24-25(21)19-8-2-3-10-23(19)33-24/h2-11,14,20,22H,12-13,15-16H2,1H3,(H2,28,29,31)/t20-,22+/m0/s1. The van der Waals surface area contributed by atoms with Crippen LogP contribution in [0.5, 0.6) is 0 Å². The summed E-state index contributed by atoms with van der Waals surface area (Å²) in [5.41, 5.74) is 3.06. The van der Waals surface area contributed by atoms with Gasteiger partial charge >= 0.3 is 6.03 Å². The number of carbonyl (C=O) groups is 1. The number of nitrogens with one attached hydrogen (secondary N) is 2. The average molecular weight is 448 g/mol. The van der Waals surface area contributed by atoms with Crippen molar-refractivity contribution >= 4 is 33.7 Å². The van der Waals surface area contributed by atoms with Gasteiger partial charge < -0.3 is 19.8 Å². The van der Waals surface area contributed by atoms with Crippen molar-refractivity contribution in [3.05, 3.63) is 78.1 Å². The maximum absolute atomic E-state index is 13.9. The van der Waals surface area contributed by atoms with E-state index in [1.807, 2.05) is 48.5 Å². The number of furan rings is 1. The van der Waals surface area contributed by atoms with Crippen LogP contribution in [0.25, 0.3) is 21.9 Å². The summed E-state index contributed by atoms with van der Waals surface area (Å²) >= 11 is 0. The van der Waals surface area contributed by atoms with Crippen molar-refractivity contribution in [3.63, 3.8) is 0 Å². The van der Waals surface area contributed by atoms with Crippen molar-refractivity contribution in [2.24, 2.45) is 0 Å². The van der Waals surface area contributed by atoms with Gasteiger partial charge in [-0.05, 0) is 35.9 Å². The Bertz CT molecular complexity index is 1290. The molecule has 0 bridgehead atoms. The number of fused-ring (bicyclic) bond motifs is 3. The first-order valence-corrected chi connectivity index (χ1v) is 11.1. The van der Waals surface area contributed by atoms with Gasteiger partial charge in [0.1, 0.15) is 17.0 Å². The van der Waals surface area contributed by atoms with Crippen molar-refractivity contribution in [3.8, 4) is 0 Å². The summed E-state index contributed by atoms with van der Waals surface area (Å²) in [5.74, 6) is -0.293. The molecule has 0 saturated carbocycles. The highest BCUT2D eigenvalue weighted by atomic mass is 19.1. The molecular formula is C26H26FN3O3. The van der Waals surface area contributed by atoms with E-state index in [0.29, 0.717) is 18.8 Å². The van der Waals surface area contributed by atoms with Crippen LogP contribution in [0.2, 0.25) is 0 Å². The van der Waals surface area contributed by atoms with Crippen LogP contribution in [0.1, 0.15) is 11.5 Å². The number of hydrogen-bond donors (Lipinski definition) is 2. The lowest BCUT2D eigenvalue weighted by atomic mass is 9.94. The molecule has 0 spiro atoms. The van der Waals surface area contributed by atoms with Gasteiger partial charge in [0.05, 0.1) is 23.7 Å². The van der Waals surface area contributed by atoms with Gasteiger partial charge in [-0.15, -0.1) is 0 Å². The predicted octanol–water partition coefficient (Wildman–Crippen LogP) is 4.96. The van der Waals surface area contributed by atoms with Crippen LogP contribution < -0.4 is 10.6 Å². The second-order valence-corrected chi connectivity index (χ2v) is 8.40. The van der Waals surface area contributed by atoms with Gasteiger partial charge in [0, 0.05) is 38.0 Å². The van der Waals surface area contributed by atoms with E-state index < -0.39 is 0 Å². The van der Waals surface area contributed by atoms with E-state index in [0.717, 1.165) is 40.6 Å². The fourth-order valence-electron chi connectivity index (χ4n) is 4.72. The van der Waals surface area contributed by atoms with E-state index in [9.17, 15) is 9.18 Å². The van der Waals surface area contributed by atoms with E-state index in [1.54, 1.807) is 19.2 Å². The van der Waals surface area contributed by atoms with E-state index in [1.165, 1.54) is 6.07 Å². The van der Waals surface area contributed by atoms with Gasteiger partial charge in [-0.3, -0.25) is 4.90 Å². The lowest BCUT2D eigenvalue weighted by Gasteiger charge is -2.21. The molecule has 0 radical (unpaired) electrons. The van der Waals surface area contributed by atoms with E-state index >= 15 is 0 Å². The fraction of sp³-hybridized carbons (Fsp3) is 0.269. The highest BCUT2D eigenvalue weighted by Crippen LogP contribution is 2.34. The number of urea groups is 1. The molecule has 5 rings (SSSR count). The number of methoxy groups -OCH3 is 1. The van der Waals surface area contributed by atoms with Crippen molar-refractivity contribution in [2.75, 3.05) is 38.7 Å². The van der Waals surface area contributed by atoms with Crippen LogP contribution in [0.15, 0.2) is 71.1 Å². The second kappa shape index (κ2) is 9.21. The third kappa shape index (κ3) is 4.42. The van der Waals surface area contributed by atoms with Gasteiger partial charge in [-0.2, -0.15) is 0 Å². The number of rotatable bonds is 6. The number of carbonyl (C=O) groups excluding carboxylic acids is 1. The van der Waals surface area contributed by atoms with Crippen molar-refractivity contribution in [2.45, 2.75) is 12.0 Å². The number of para-hydroxylation sites is 1. The summed E-state index contributed by atoms with van der Waals surface area (Å²) in [6.45, 7) is 2.74. The number of anilines is 1. The van der Waals surface area contributed by atoms with Gasteiger partial charge in [-0.1, -0.05) is 36.4 Å². The summed E-state index contributed by atoms with van der Waals surface area (Å²) in [6.07, 6.45) is 0. The van der Waals surface area contributed by atoms with Crippen LogP contribution in [0.3, 0.4) is 0 Å². The molecule has 2 N–H and O–H groups in total. The molecule has 2 amide bonds. The molecule has 1 aliphatic heterocycles. The Morgan fingerprint density at radius 3 is 2.76 bits per heavy atom. The van der Waals surface area contributed by atoms with Gasteiger partial charge in [0.2, 0.25) is 0 Å². The number of likely N-dealkylation sites (tertiary alicyclic amines) is 1. The topological polar surface area (TPSA) is 66.7 Å². The van der Waals surface area contributed by atoms with Crippen molar-refractivity contribution < 1.29 is 18.3 Å². The molecule has 2 atom stereocenters. The number of hydrogen-bond acceptors (Lipinski definition) is 4. The Kier molecular flexibility index (Phi) is 5.98. The van der Waals surface area contributed by atoms with E-state index in [2.05, 4.69) is 15.5 Å². The third-order valence-electron chi connectivity index (χ3n) is 6.25. The minimum absolute atomic E-state index is 0.0196. The highest BCUT2D eigenvalue weighted by molar-refractivity contribution is 6.13. The molecule has 2 heterocycles. The van der Waals surface area contributed by atoms with Crippen LogP contribution >= 0.6 is 0 Å². The van der Waals surface area contributed by atoms with Crippen molar-refractivity contribution in [1.29, 1.82) is 0 Å². The van der Waals surface area contributed by atoms with E-state index in [-0.39, 0.29) is 23.8 Å². The lowest BCUT2D eigenvalue weighted by Crippen LogP contribution is -2.42. The molecule has 0 aliphatic carbocycles. The zero-order chi connectivity index (χ0) is 22.8. The molecule has 4 aromatic rings. The summed E-state index contributed by atoms with van der Waals surface area (Å²) in [6, 6.07) is 19.5. The SMILES string of the molecule is COCCN1C[C@@H](NC(=O)Nc2cccc3oc4ccccc4c23)[C@H](c2cccc(F)c2)C1. The summed E-state index contributed by atoms with van der Waals surface area (Å²) in [7, 11) is 1.67. The summed E-state index contributed by atoms with van der Waals surface area (Å²) in [5, 5.41) is 7.95. The first-order valence-electron chi connectivity index (χ1n) is 11.1. The van der Waals surface area contributed by atoms with E-state index in [4.69, 9.17) is 9.15 Å². The maximum atomic E-state index is 13.9. The van der Waals surface area contributed by atoms with Gasteiger partial charge in [0.15, 0.2) is 0 Å². The highest BCUT2D eigenvalue weighted by Gasteiger charge is 2.35. The zero-order valence-corrected chi connectivity index (χ0v) is 18.4. The molecule has 0 unspecified atom stereocenters. The van der Waals surface area contributed by atoms with Crippen LogP contribution in [0.4, 0.5) is 14.9 Å². The smallest absolute Gasteiger partial charge is 0.319 e. The first-order chi connectivity index (χ1) is 16.1. The Morgan fingerprint density at radius 1 is 1.09 bits per heavy atom. The quantitative estimate of drug-likeness (QED) is 0.438. The minimum atomic E-state index is -0.298. The average Bonchev–Trinajstić information content (AvgIpc) is 3.39. The monoisotopic (exact) mass is 447 g/mol. The van der Waals surface area contributed by atoms with Crippen LogP contribution in [0, 0.1) is 5.82 Å². The Hall–Kier alpha value is -3.42. The molecule has 1 aromatic heterocycles. The lowest BCUT2D eigenvalue weighted by molar-refractivity contribution is 0.159. The molecule has 33 heavy (non-hydrogen) atoms. The molecule has 1 fully saturated rings. The second-order valence-electron chi connectivity index (χ2n) is 8.40. The molecule has 170 valence electrons. The predicted molar refractivity (Wildman–Crippen MR) is 127 cm³/mol. The van der Waals surface area contributed by atoms with Gasteiger partial charge in [0.25, 0.3) is 0 Å². The van der Waals surface area contributed by atoms with Gasteiger partial charge in [-0.25, -0.2) is 9.18 Å². The summed E-state index contributed by atoms with van der Waals surface area (Å²) < 4.78 is 25.0. The summed E-state index contributed by atoms with van der Waals surface area (Å²) in [4.78, 5) is 15.3. The number of benzene rings is 3. The van der Waals surface area contributed by atoms with Crippen LogP contribution in [-0.4, -0.2) is 50.3 Å². The largest absolute Gasteiger partial charge is 0.456 e. The maximum Gasteiger partial charge on any atom is 0.319 e. The Labute approximate surface area is 191 Å². The fourth-order valence-corrected chi connectivity index (χ4v) is 4.72. The molecule has 1 saturated heterocycles. The van der Waals surface area contributed by atoms with Crippen LogP contribution in [-0.2, 0) is 4.74 Å². The molecule has 6 nitrogen and oxygen atoms in total. The zero-order valence-electron chi connectivity index (χ0n) is 18.4. The molecule has 3 aromatic carbocycles. The Balaban J connectivity index is 1.37. The number of nitrogens with zero attached hydrogens (tertiary/aromatic N) is 1. The first kappa shape index (κ1) is 21.4. The normalized spacial score (nSPS) is 18.7. The van der Waals surface area contributed by atoms with Crippen molar-refractivity contribution in [1.82, 2.24) is 10.2 Å². The number of ether oxygens (including phenoxy) is 1. The Morgan fingerprint density at radius 2 is 1.91 bits per heavy atom. The third-order valence-corrected chi connectivity index (χ3v) is 6.25. The molecule has 7 heteroatoms. The molecule has 1 aliphatic rings. The minimum Gasteiger partial charge on any atom is -0.456 e. The molecular weight excluding hydrogens is 421 g/mol. The number of amides is 2.